The van der Waals surface area contributed by atoms with Crippen LogP contribution in [0.1, 0.15) is 27.5 Å². The van der Waals surface area contributed by atoms with Crippen molar-refractivity contribution in [3.63, 3.8) is 0 Å². The van der Waals surface area contributed by atoms with Gasteiger partial charge in [-0.15, -0.1) is 0 Å². The van der Waals surface area contributed by atoms with Crippen molar-refractivity contribution in [3.8, 4) is 0 Å². The normalized spacial score (nSPS) is 16.6. The van der Waals surface area contributed by atoms with Gasteiger partial charge < -0.3 is 15.3 Å². The maximum absolute atomic E-state index is 12.6. The van der Waals surface area contributed by atoms with Crippen molar-refractivity contribution in [2.75, 3.05) is 33.2 Å². The highest BCUT2D eigenvalue weighted by Gasteiger charge is 2.22. The van der Waals surface area contributed by atoms with Gasteiger partial charge in [0.2, 0.25) is 0 Å². The molecule has 0 spiro atoms. The summed E-state index contributed by atoms with van der Waals surface area (Å²) >= 11 is 0. The van der Waals surface area contributed by atoms with E-state index >= 15 is 0 Å². The first-order valence-corrected chi connectivity index (χ1v) is 9.11. The largest absolute Gasteiger partial charge is 0.479 e. The lowest BCUT2D eigenvalue weighted by Crippen LogP contribution is -2.43. The van der Waals surface area contributed by atoms with Gasteiger partial charge in [0.25, 0.3) is 5.91 Å². The lowest BCUT2D eigenvalue weighted by atomic mass is 10.1. The van der Waals surface area contributed by atoms with Crippen molar-refractivity contribution in [1.29, 1.82) is 0 Å². The van der Waals surface area contributed by atoms with Crippen molar-refractivity contribution in [1.82, 2.24) is 15.1 Å². The Kier molecular flexibility index (Phi) is 6.21. The second-order valence-electron chi connectivity index (χ2n) is 6.94. The van der Waals surface area contributed by atoms with Crippen LogP contribution in [0.15, 0.2) is 54.6 Å². The smallest absolute Gasteiger partial charge is 0.330 e. The number of hydrogen-bond donors (Lipinski definition) is 2. The van der Waals surface area contributed by atoms with Gasteiger partial charge in [0.15, 0.2) is 6.04 Å². The Morgan fingerprint density at radius 1 is 1.04 bits per heavy atom. The molecule has 2 N–H and O–H groups in total. The van der Waals surface area contributed by atoms with Crippen molar-refractivity contribution >= 4 is 11.9 Å². The second-order valence-corrected chi connectivity index (χ2v) is 6.94. The predicted octanol–water partition coefficient (Wildman–Crippen LogP) is 1.99. The quantitative estimate of drug-likeness (QED) is 0.817. The number of carbonyl (C=O) groups excluding carboxylic acids is 1. The van der Waals surface area contributed by atoms with E-state index in [1.165, 1.54) is 0 Å². The van der Waals surface area contributed by atoms with Crippen molar-refractivity contribution < 1.29 is 14.7 Å². The average molecular weight is 367 g/mol. The number of benzene rings is 2. The minimum absolute atomic E-state index is 0.383. The molecule has 1 aliphatic rings. The van der Waals surface area contributed by atoms with Crippen LogP contribution in [0.5, 0.6) is 0 Å². The molecular formula is C21H25N3O3. The number of hydrogen-bond acceptors (Lipinski definition) is 4. The van der Waals surface area contributed by atoms with Gasteiger partial charge in [-0.05, 0) is 30.3 Å². The van der Waals surface area contributed by atoms with Crippen LogP contribution in [-0.4, -0.2) is 60.0 Å². The van der Waals surface area contributed by atoms with Crippen molar-refractivity contribution in [2.45, 2.75) is 12.6 Å². The molecule has 1 atom stereocenters. The van der Waals surface area contributed by atoms with Crippen LogP contribution in [0.4, 0.5) is 0 Å². The molecule has 0 unspecified atom stereocenters. The maximum atomic E-state index is 12.6. The standard InChI is InChI=1S/C21H25N3O3/c1-23-10-12-24(13-11-23)15-16-6-5-9-18(14-16)20(25)22-19(21(26)27)17-7-3-2-4-8-17/h2-9,14,19H,10-13,15H2,1H3,(H,22,25)(H,26,27)/t19-/m0/s1. The number of nitrogens with zero attached hydrogens (tertiary/aromatic N) is 2. The monoisotopic (exact) mass is 367 g/mol. The Bertz CT molecular complexity index is 786. The molecule has 6 nitrogen and oxygen atoms in total. The molecule has 0 aromatic heterocycles. The summed E-state index contributed by atoms with van der Waals surface area (Å²) < 4.78 is 0. The van der Waals surface area contributed by atoms with Crippen LogP contribution in [0.2, 0.25) is 0 Å². The number of likely N-dealkylation sites (N-methyl/N-ethyl adjacent to an activating group) is 1. The van der Waals surface area contributed by atoms with Crippen LogP contribution in [0, 0.1) is 0 Å². The van der Waals surface area contributed by atoms with E-state index in [4.69, 9.17) is 0 Å². The van der Waals surface area contributed by atoms with E-state index in [0.29, 0.717) is 11.1 Å². The second kappa shape index (κ2) is 8.79. The Hall–Kier alpha value is -2.70. The summed E-state index contributed by atoms with van der Waals surface area (Å²) in [6.45, 7) is 4.87. The summed E-state index contributed by atoms with van der Waals surface area (Å²) in [5.41, 5.74) is 2.08. The Labute approximate surface area is 159 Å². The zero-order valence-electron chi connectivity index (χ0n) is 15.5. The van der Waals surface area contributed by atoms with Crippen LogP contribution in [-0.2, 0) is 11.3 Å². The zero-order chi connectivity index (χ0) is 19.2. The molecule has 1 saturated heterocycles. The molecule has 2 aromatic rings. The van der Waals surface area contributed by atoms with Crippen LogP contribution >= 0.6 is 0 Å². The van der Waals surface area contributed by atoms with E-state index in [0.717, 1.165) is 38.3 Å². The average Bonchev–Trinajstić information content (AvgIpc) is 2.68. The minimum Gasteiger partial charge on any atom is -0.479 e. The number of aliphatic carboxylic acids is 1. The number of rotatable bonds is 6. The number of carbonyl (C=O) groups is 2. The minimum atomic E-state index is -1.08. The third-order valence-electron chi connectivity index (χ3n) is 4.85. The molecule has 0 saturated carbocycles. The molecule has 1 aliphatic heterocycles. The summed E-state index contributed by atoms with van der Waals surface area (Å²) in [4.78, 5) is 28.9. The van der Waals surface area contributed by atoms with Gasteiger partial charge in [-0.3, -0.25) is 9.69 Å². The molecule has 2 aromatic carbocycles. The summed E-state index contributed by atoms with van der Waals surface area (Å²) in [6, 6.07) is 15.1. The summed E-state index contributed by atoms with van der Waals surface area (Å²) in [5, 5.41) is 12.1. The SMILES string of the molecule is CN1CCN(Cc2cccc(C(=O)N[C@H](C(=O)O)c3ccccc3)c2)CC1. The molecule has 0 aliphatic carbocycles. The fourth-order valence-electron chi connectivity index (χ4n) is 3.22. The first kappa shape index (κ1) is 19.1. The molecule has 1 fully saturated rings. The summed E-state index contributed by atoms with van der Waals surface area (Å²) in [7, 11) is 2.12. The lowest BCUT2D eigenvalue weighted by Gasteiger charge is -2.32. The van der Waals surface area contributed by atoms with Gasteiger partial charge in [0.1, 0.15) is 0 Å². The molecule has 142 valence electrons. The summed E-state index contributed by atoms with van der Waals surface area (Å²) in [6.07, 6.45) is 0. The van der Waals surface area contributed by atoms with Gasteiger partial charge in [-0.1, -0.05) is 42.5 Å². The van der Waals surface area contributed by atoms with Crippen molar-refractivity contribution in [2.24, 2.45) is 0 Å². The number of piperazine rings is 1. The maximum Gasteiger partial charge on any atom is 0.330 e. The molecule has 3 rings (SSSR count). The van der Waals surface area contributed by atoms with Crippen molar-refractivity contribution in [3.05, 3.63) is 71.3 Å². The number of amides is 1. The van der Waals surface area contributed by atoms with Gasteiger partial charge >= 0.3 is 5.97 Å². The van der Waals surface area contributed by atoms with E-state index in [2.05, 4.69) is 22.2 Å². The first-order chi connectivity index (χ1) is 13.0. The van der Waals surface area contributed by atoms with Crippen LogP contribution < -0.4 is 5.32 Å². The van der Waals surface area contributed by atoms with E-state index in [9.17, 15) is 14.7 Å². The van der Waals surface area contributed by atoms with Gasteiger partial charge in [-0.2, -0.15) is 0 Å². The molecule has 0 bridgehead atoms. The number of carboxylic acid groups (broad SMARTS) is 1. The predicted molar refractivity (Wildman–Crippen MR) is 104 cm³/mol. The number of carboxylic acids is 1. The van der Waals surface area contributed by atoms with E-state index in [-0.39, 0.29) is 5.91 Å². The van der Waals surface area contributed by atoms with Gasteiger partial charge in [0.05, 0.1) is 0 Å². The van der Waals surface area contributed by atoms with Crippen LogP contribution in [0.3, 0.4) is 0 Å². The highest BCUT2D eigenvalue weighted by molar-refractivity contribution is 5.97. The van der Waals surface area contributed by atoms with Gasteiger partial charge in [-0.25, -0.2) is 4.79 Å². The third kappa shape index (κ3) is 5.15. The molecule has 6 heteroatoms. The molecule has 0 radical (unpaired) electrons. The highest BCUT2D eigenvalue weighted by atomic mass is 16.4. The fourth-order valence-corrected chi connectivity index (χ4v) is 3.22. The van der Waals surface area contributed by atoms with Gasteiger partial charge in [0, 0.05) is 38.3 Å². The lowest BCUT2D eigenvalue weighted by molar-refractivity contribution is -0.139. The first-order valence-electron chi connectivity index (χ1n) is 9.11. The Morgan fingerprint density at radius 3 is 2.41 bits per heavy atom. The zero-order valence-corrected chi connectivity index (χ0v) is 15.5. The third-order valence-corrected chi connectivity index (χ3v) is 4.85. The van der Waals surface area contributed by atoms with E-state index in [1.807, 2.05) is 24.3 Å². The number of nitrogens with one attached hydrogen (secondary N) is 1. The fraction of sp³-hybridized carbons (Fsp3) is 0.333. The topological polar surface area (TPSA) is 72.9 Å². The molecular weight excluding hydrogens is 342 g/mol. The van der Waals surface area contributed by atoms with E-state index in [1.54, 1.807) is 30.3 Å². The molecule has 27 heavy (non-hydrogen) atoms. The van der Waals surface area contributed by atoms with E-state index < -0.39 is 12.0 Å². The van der Waals surface area contributed by atoms with Crippen LogP contribution in [0.25, 0.3) is 0 Å². The Balaban J connectivity index is 1.68. The molecule has 1 amide bonds. The summed E-state index contributed by atoms with van der Waals surface area (Å²) in [5.74, 6) is -1.46. The molecule has 1 heterocycles. The Morgan fingerprint density at radius 2 is 1.74 bits per heavy atom. The highest BCUT2D eigenvalue weighted by Crippen LogP contribution is 2.15.